The van der Waals surface area contributed by atoms with E-state index >= 15 is 0 Å². The highest BCUT2D eigenvalue weighted by Gasteiger charge is 2.36. The van der Waals surface area contributed by atoms with Gasteiger partial charge in [0.1, 0.15) is 12.4 Å². The number of aromatic nitrogens is 1. The molecule has 0 aliphatic carbocycles. The molecular formula is C28H21BrN2O4S. The molecule has 6 nitrogen and oxygen atoms in total. The van der Waals surface area contributed by atoms with Gasteiger partial charge in [-0.3, -0.25) is 19.3 Å². The second kappa shape index (κ2) is 10.6. The molecule has 8 heteroatoms. The lowest BCUT2D eigenvalue weighted by molar-refractivity contribution is -0.122. The first-order valence-corrected chi connectivity index (χ1v) is 12.9. The third-order valence-electron chi connectivity index (χ3n) is 5.78. The molecule has 180 valence electrons. The summed E-state index contributed by atoms with van der Waals surface area (Å²) in [7, 11) is 0. The molecule has 3 aromatic carbocycles. The average molecular weight is 561 g/mol. The van der Waals surface area contributed by atoms with Gasteiger partial charge in [-0.1, -0.05) is 64.5 Å². The van der Waals surface area contributed by atoms with Gasteiger partial charge < -0.3 is 9.30 Å². The number of rotatable bonds is 8. The van der Waals surface area contributed by atoms with Gasteiger partial charge in [-0.05, 0) is 48.2 Å². The Morgan fingerprint density at radius 2 is 1.69 bits per heavy atom. The van der Waals surface area contributed by atoms with Crippen LogP contribution in [0, 0.1) is 0 Å². The fraction of sp³-hybridized carbons (Fsp3) is 0.107. The molecule has 2 heterocycles. The fourth-order valence-corrected chi connectivity index (χ4v) is 5.20. The molecule has 0 atom stereocenters. The van der Waals surface area contributed by atoms with Crippen molar-refractivity contribution < 1.29 is 19.1 Å². The van der Waals surface area contributed by atoms with E-state index in [4.69, 9.17) is 4.74 Å². The van der Waals surface area contributed by atoms with Gasteiger partial charge in [-0.2, -0.15) is 0 Å². The highest BCUT2D eigenvalue weighted by atomic mass is 79.9. The number of carbonyl (C=O) groups excluding carboxylic acids is 3. The van der Waals surface area contributed by atoms with Gasteiger partial charge in [0.15, 0.2) is 5.78 Å². The van der Waals surface area contributed by atoms with Crippen LogP contribution in [0.1, 0.15) is 15.9 Å². The summed E-state index contributed by atoms with van der Waals surface area (Å²) in [4.78, 5) is 39.5. The summed E-state index contributed by atoms with van der Waals surface area (Å²) in [6, 6.07) is 24.2. The molecule has 0 N–H and O–H groups in total. The molecular weight excluding hydrogens is 540 g/mol. The van der Waals surface area contributed by atoms with E-state index in [1.54, 1.807) is 30.3 Å². The molecule has 0 spiro atoms. The normalized spacial score (nSPS) is 14.7. The summed E-state index contributed by atoms with van der Waals surface area (Å²) in [5.41, 5.74) is 2.26. The number of fused-ring (bicyclic) bond motifs is 1. The van der Waals surface area contributed by atoms with Crippen molar-refractivity contribution in [1.29, 1.82) is 0 Å². The zero-order valence-electron chi connectivity index (χ0n) is 19.1. The SMILES string of the molecule is O=C(CN1C(=O)S/C(=C\c2cn(CCOc3ccccc3)c3ccc(Br)cc23)C1=O)c1ccccc1. The molecule has 0 unspecified atom stereocenters. The van der Waals surface area contributed by atoms with Gasteiger partial charge >= 0.3 is 0 Å². The summed E-state index contributed by atoms with van der Waals surface area (Å²) in [5.74, 6) is 0.0614. The van der Waals surface area contributed by atoms with Crippen LogP contribution in [0.3, 0.4) is 0 Å². The van der Waals surface area contributed by atoms with Crippen molar-refractivity contribution in [2.75, 3.05) is 13.2 Å². The Bertz CT molecular complexity index is 1480. The summed E-state index contributed by atoms with van der Waals surface area (Å²) >= 11 is 4.38. The van der Waals surface area contributed by atoms with Gasteiger partial charge in [-0.25, -0.2) is 0 Å². The topological polar surface area (TPSA) is 68.6 Å². The predicted octanol–water partition coefficient (Wildman–Crippen LogP) is 6.40. The first-order chi connectivity index (χ1) is 17.5. The Kier molecular flexibility index (Phi) is 7.06. The fourth-order valence-electron chi connectivity index (χ4n) is 4.01. The summed E-state index contributed by atoms with van der Waals surface area (Å²) < 4.78 is 8.83. The van der Waals surface area contributed by atoms with E-state index in [1.165, 1.54) is 0 Å². The molecule has 5 rings (SSSR count). The number of ketones is 1. The van der Waals surface area contributed by atoms with Crippen LogP contribution in [0.25, 0.3) is 17.0 Å². The zero-order chi connectivity index (χ0) is 25.1. The first kappa shape index (κ1) is 24.1. The van der Waals surface area contributed by atoms with E-state index in [2.05, 4.69) is 20.5 Å². The first-order valence-electron chi connectivity index (χ1n) is 11.3. The highest BCUT2D eigenvalue weighted by molar-refractivity contribution is 9.10. The lowest BCUT2D eigenvalue weighted by Crippen LogP contribution is -2.33. The van der Waals surface area contributed by atoms with Crippen molar-refractivity contribution >= 4 is 61.6 Å². The van der Waals surface area contributed by atoms with Crippen LogP contribution in [0.2, 0.25) is 0 Å². The van der Waals surface area contributed by atoms with E-state index in [0.29, 0.717) is 23.6 Å². The summed E-state index contributed by atoms with van der Waals surface area (Å²) in [6.45, 7) is 0.797. The Balaban J connectivity index is 1.38. The summed E-state index contributed by atoms with van der Waals surface area (Å²) in [6.07, 6.45) is 3.68. The Hall–Kier alpha value is -3.62. The smallest absolute Gasteiger partial charge is 0.293 e. The monoisotopic (exact) mass is 560 g/mol. The number of nitrogens with zero attached hydrogens (tertiary/aromatic N) is 2. The third-order valence-corrected chi connectivity index (χ3v) is 7.18. The quantitative estimate of drug-likeness (QED) is 0.184. The maximum atomic E-state index is 13.1. The van der Waals surface area contributed by atoms with Crippen molar-refractivity contribution in [2.45, 2.75) is 6.54 Å². The van der Waals surface area contributed by atoms with E-state index in [0.717, 1.165) is 43.4 Å². The number of Topliss-reactive ketones (excluding diaryl/α,β-unsaturated/α-hetero) is 1. The largest absolute Gasteiger partial charge is 0.492 e. The second-order valence-electron chi connectivity index (χ2n) is 8.16. The minimum absolute atomic E-state index is 0.280. The lowest BCUT2D eigenvalue weighted by atomic mass is 10.1. The third kappa shape index (κ3) is 5.15. The van der Waals surface area contributed by atoms with Crippen LogP contribution >= 0.6 is 27.7 Å². The number of halogens is 1. The molecule has 1 aromatic heterocycles. The number of carbonyl (C=O) groups is 3. The number of amides is 2. The minimum Gasteiger partial charge on any atom is -0.492 e. The van der Waals surface area contributed by atoms with Crippen molar-refractivity contribution in [3.63, 3.8) is 0 Å². The number of hydrogen-bond donors (Lipinski definition) is 0. The van der Waals surface area contributed by atoms with Crippen LogP contribution in [-0.2, 0) is 11.3 Å². The van der Waals surface area contributed by atoms with Gasteiger partial charge in [0.2, 0.25) is 0 Å². The maximum absolute atomic E-state index is 13.1. The van der Waals surface area contributed by atoms with Crippen LogP contribution in [0.15, 0.2) is 94.4 Å². The predicted molar refractivity (Wildman–Crippen MR) is 145 cm³/mol. The van der Waals surface area contributed by atoms with Crippen molar-refractivity contribution in [3.05, 3.63) is 106 Å². The van der Waals surface area contributed by atoms with Crippen LogP contribution in [0.4, 0.5) is 4.79 Å². The average Bonchev–Trinajstić information content (AvgIpc) is 3.36. The van der Waals surface area contributed by atoms with Gasteiger partial charge in [-0.15, -0.1) is 0 Å². The number of thioether (sulfide) groups is 1. The standard InChI is InChI=1S/C28H21BrN2O4S/c29-21-11-12-24-23(16-21)20(17-30(24)13-14-35-22-9-5-2-6-10-22)15-26-27(33)31(28(34)36-26)18-25(32)19-7-3-1-4-8-19/h1-12,15-17H,13-14,18H2/b26-15-. The van der Waals surface area contributed by atoms with Crippen LogP contribution in [0.5, 0.6) is 5.75 Å². The number of imide groups is 1. The van der Waals surface area contributed by atoms with E-state index in [-0.39, 0.29) is 12.3 Å². The van der Waals surface area contributed by atoms with E-state index < -0.39 is 11.1 Å². The zero-order valence-corrected chi connectivity index (χ0v) is 21.5. The van der Waals surface area contributed by atoms with Crippen molar-refractivity contribution in [2.24, 2.45) is 0 Å². The highest BCUT2D eigenvalue weighted by Crippen LogP contribution is 2.35. The molecule has 0 bridgehead atoms. The Labute approximate surface area is 220 Å². The van der Waals surface area contributed by atoms with Crippen molar-refractivity contribution in [3.8, 4) is 5.75 Å². The van der Waals surface area contributed by atoms with Crippen molar-refractivity contribution in [1.82, 2.24) is 9.47 Å². The molecule has 2 amide bonds. The van der Waals surface area contributed by atoms with Gasteiger partial charge in [0.25, 0.3) is 11.1 Å². The molecule has 1 aliphatic heterocycles. The van der Waals surface area contributed by atoms with Gasteiger partial charge in [0, 0.05) is 32.7 Å². The second-order valence-corrected chi connectivity index (χ2v) is 10.1. The molecule has 1 aliphatic rings. The maximum Gasteiger partial charge on any atom is 0.293 e. The number of ether oxygens (including phenoxy) is 1. The number of para-hydroxylation sites is 1. The minimum atomic E-state index is -0.461. The Morgan fingerprint density at radius 3 is 2.44 bits per heavy atom. The van der Waals surface area contributed by atoms with E-state index in [1.807, 2.05) is 60.8 Å². The van der Waals surface area contributed by atoms with Crippen LogP contribution < -0.4 is 4.74 Å². The molecule has 0 radical (unpaired) electrons. The summed E-state index contributed by atoms with van der Waals surface area (Å²) in [5, 5.41) is 0.493. The number of hydrogen-bond acceptors (Lipinski definition) is 5. The van der Waals surface area contributed by atoms with Crippen LogP contribution in [-0.4, -0.2) is 39.5 Å². The van der Waals surface area contributed by atoms with E-state index in [9.17, 15) is 14.4 Å². The molecule has 0 saturated carbocycles. The Morgan fingerprint density at radius 1 is 0.972 bits per heavy atom. The van der Waals surface area contributed by atoms with Gasteiger partial charge in [0.05, 0.1) is 18.0 Å². The lowest BCUT2D eigenvalue weighted by Gasteiger charge is -2.11. The number of benzene rings is 3. The molecule has 36 heavy (non-hydrogen) atoms. The molecule has 1 fully saturated rings. The molecule has 4 aromatic rings. The molecule has 1 saturated heterocycles.